The molecule has 0 atom stereocenters. The number of anilines is 2. The van der Waals surface area contributed by atoms with Crippen LogP contribution < -0.4 is 14.4 Å². The van der Waals surface area contributed by atoms with Gasteiger partial charge in [-0.05, 0) is 49.8 Å². The zero-order valence-electron chi connectivity index (χ0n) is 18.7. The molecule has 1 fully saturated rings. The van der Waals surface area contributed by atoms with Gasteiger partial charge in [0, 0.05) is 37.1 Å². The Hall–Kier alpha value is -2.81. The molecule has 32 heavy (non-hydrogen) atoms. The van der Waals surface area contributed by atoms with Crippen molar-refractivity contribution in [2.45, 2.75) is 11.4 Å². The largest absolute Gasteiger partial charge is 0.480 e. The number of benzene rings is 1. The van der Waals surface area contributed by atoms with E-state index in [9.17, 15) is 0 Å². The van der Waals surface area contributed by atoms with E-state index in [0.717, 1.165) is 60.4 Å². The van der Waals surface area contributed by atoms with Gasteiger partial charge < -0.3 is 24.0 Å². The predicted octanol–water partition coefficient (Wildman–Crippen LogP) is 4.17. The molecule has 4 rings (SSSR count). The van der Waals surface area contributed by atoms with Gasteiger partial charge in [0.25, 0.3) is 0 Å². The maximum atomic E-state index is 5.48. The topological polar surface area (TPSA) is 62.8 Å². The van der Waals surface area contributed by atoms with Gasteiger partial charge in [0.2, 0.25) is 5.88 Å². The molecule has 168 valence electrons. The SMILES string of the molecule is COc1ncc(N2CCOCC2)cc1SNc1ccnc(-c2ccc(CN(C)C)cc2)c1. The Morgan fingerprint density at radius 1 is 1.09 bits per heavy atom. The summed E-state index contributed by atoms with van der Waals surface area (Å²) in [4.78, 5) is 14.4. The summed E-state index contributed by atoms with van der Waals surface area (Å²) in [5, 5.41) is 0. The molecule has 3 heterocycles. The fourth-order valence-corrected chi connectivity index (χ4v) is 4.31. The number of morpholine rings is 1. The summed E-state index contributed by atoms with van der Waals surface area (Å²) in [6.07, 6.45) is 3.68. The van der Waals surface area contributed by atoms with Crippen LogP contribution >= 0.6 is 11.9 Å². The lowest BCUT2D eigenvalue weighted by atomic mass is 10.1. The molecule has 0 aliphatic carbocycles. The van der Waals surface area contributed by atoms with Gasteiger partial charge in [0.15, 0.2) is 0 Å². The first-order valence-electron chi connectivity index (χ1n) is 10.6. The van der Waals surface area contributed by atoms with Crippen LogP contribution in [0.4, 0.5) is 11.4 Å². The van der Waals surface area contributed by atoms with Gasteiger partial charge in [-0.25, -0.2) is 4.98 Å². The molecule has 0 amide bonds. The molecule has 0 unspecified atom stereocenters. The van der Waals surface area contributed by atoms with E-state index in [2.05, 4.69) is 75.0 Å². The molecule has 1 aliphatic rings. The first-order valence-corrected chi connectivity index (χ1v) is 11.4. The highest BCUT2D eigenvalue weighted by Gasteiger charge is 2.15. The minimum atomic E-state index is 0.602. The predicted molar refractivity (Wildman–Crippen MR) is 130 cm³/mol. The Morgan fingerprint density at radius 2 is 1.88 bits per heavy atom. The molecule has 1 aromatic carbocycles. The summed E-state index contributed by atoms with van der Waals surface area (Å²) >= 11 is 1.49. The van der Waals surface area contributed by atoms with Crippen molar-refractivity contribution in [1.82, 2.24) is 14.9 Å². The highest BCUT2D eigenvalue weighted by molar-refractivity contribution is 8.00. The lowest BCUT2D eigenvalue weighted by Crippen LogP contribution is -2.36. The smallest absolute Gasteiger partial charge is 0.229 e. The second-order valence-corrected chi connectivity index (χ2v) is 8.72. The van der Waals surface area contributed by atoms with E-state index in [1.54, 1.807) is 7.11 Å². The number of pyridine rings is 2. The lowest BCUT2D eigenvalue weighted by Gasteiger charge is -2.29. The molecule has 8 heteroatoms. The van der Waals surface area contributed by atoms with Crippen molar-refractivity contribution in [1.29, 1.82) is 0 Å². The number of ether oxygens (including phenoxy) is 2. The van der Waals surface area contributed by atoms with E-state index in [4.69, 9.17) is 9.47 Å². The average molecular weight is 452 g/mol. The number of rotatable bonds is 8. The van der Waals surface area contributed by atoms with Crippen LogP contribution in [0, 0.1) is 0 Å². The lowest BCUT2D eigenvalue weighted by molar-refractivity contribution is 0.122. The van der Waals surface area contributed by atoms with Gasteiger partial charge in [-0.15, -0.1) is 0 Å². The Labute approximate surface area is 193 Å². The first-order chi connectivity index (χ1) is 15.6. The minimum absolute atomic E-state index is 0.602. The van der Waals surface area contributed by atoms with E-state index >= 15 is 0 Å². The van der Waals surface area contributed by atoms with Crippen LogP contribution in [-0.2, 0) is 11.3 Å². The number of aromatic nitrogens is 2. The van der Waals surface area contributed by atoms with Crippen LogP contribution in [-0.4, -0.2) is 62.4 Å². The van der Waals surface area contributed by atoms with Crippen molar-refractivity contribution in [3.8, 4) is 17.1 Å². The zero-order valence-corrected chi connectivity index (χ0v) is 19.6. The molecule has 1 N–H and O–H groups in total. The fraction of sp³-hybridized carbons (Fsp3) is 0.333. The molecule has 0 radical (unpaired) electrons. The molecule has 2 aromatic heterocycles. The highest BCUT2D eigenvalue weighted by atomic mass is 32.2. The van der Waals surface area contributed by atoms with Crippen molar-refractivity contribution < 1.29 is 9.47 Å². The molecule has 0 bridgehead atoms. The number of methoxy groups -OCH3 is 1. The average Bonchev–Trinajstić information content (AvgIpc) is 2.83. The van der Waals surface area contributed by atoms with Gasteiger partial charge in [-0.3, -0.25) is 4.98 Å². The van der Waals surface area contributed by atoms with E-state index in [-0.39, 0.29) is 0 Å². The number of hydrogen-bond acceptors (Lipinski definition) is 8. The monoisotopic (exact) mass is 451 g/mol. The van der Waals surface area contributed by atoms with Crippen molar-refractivity contribution in [3.05, 3.63) is 60.4 Å². The second kappa shape index (κ2) is 10.7. The third-order valence-corrected chi connectivity index (χ3v) is 6.01. The Kier molecular flexibility index (Phi) is 7.47. The van der Waals surface area contributed by atoms with Gasteiger partial charge in [0.05, 0.1) is 42.8 Å². The van der Waals surface area contributed by atoms with E-state index in [1.807, 2.05) is 18.5 Å². The van der Waals surface area contributed by atoms with Crippen LogP contribution in [0.15, 0.2) is 59.8 Å². The molecule has 0 saturated carbocycles. The van der Waals surface area contributed by atoms with Crippen molar-refractivity contribution in [3.63, 3.8) is 0 Å². The molecule has 0 spiro atoms. The minimum Gasteiger partial charge on any atom is -0.480 e. The van der Waals surface area contributed by atoms with Crippen LogP contribution in [0.5, 0.6) is 5.88 Å². The van der Waals surface area contributed by atoms with Crippen molar-refractivity contribution in [2.24, 2.45) is 0 Å². The van der Waals surface area contributed by atoms with Crippen LogP contribution in [0.3, 0.4) is 0 Å². The summed E-state index contributed by atoms with van der Waals surface area (Å²) in [6.45, 7) is 4.13. The molecule has 1 saturated heterocycles. The highest BCUT2D eigenvalue weighted by Crippen LogP contribution is 2.32. The van der Waals surface area contributed by atoms with E-state index in [0.29, 0.717) is 5.88 Å². The Morgan fingerprint density at radius 3 is 2.59 bits per heavy atom. The van der Waals surface area contributed by atoms with E-state index < -0.39 is 0 Å². The number of nitrogens with one attached hydrogen (secondary N) is 1. The summed E-state index contributed by atoms with van der Waals surface area (Å²) in [6, 6.07) is 14.7. The van der Waals surface area contributed by atoms with Crippen molar-refractivity contribution in [2.75, 3.05) is 57.1 Å². The van der Waals surface area contributed by atoms with Gasteiger partial charge in [0.1, 0.15) is 0 Å². The maximum absolute atomic E-state index is 5.48. The summed E-state index contributed by atoms with van der Waals surface area (Å²) in [7, 11) is 5.79. The van der Waals surface area contributed by atoms with Crippen LogP contribution in [0.2, 0.25) is 0 Å². The Bertz CT molecular complexity index is 1020. The summed E-state index contributed by atoms with van der Waals surface area (Å²) < 4.78 is 14.4. The normalized spacial score (nSPS) is 13.9. The third kappa shape index (κ3) is 5.70. The third-order valence-electron chi connectivity index (χ3n) is 5.16. The van der Waals surface area contributed by atoms with Crippen LogP contribution in [0.25, 0.3) is 11.3 Å². The van der Waals surface area contributed by atoms with Gasteiger partial charge >= 0.3 is 0 Å². The van der Waals surface area contributed by atoms with Gasteiger partial charge in [-0.1, -0.05) is 24.3 Å². The molecule has 7 nitrogen and oxygen atoms in total. The number of hydrogen-bond donors (Lipinski definition) is 1. The summed E-state index contributed by atoms with van der Waals surface area (Å²) in [5.41, 5.74) is 5.35. The molecule has 1 aliphatic heterocycles. The number of nitrogens with zero attached hydrogens (tertiary/aromatic N) is 4. The van der Waals surface area contributed by atoms with Gasteiger partial charge in [-0.2, -0.15) is 0 Å². The first kappa shape index (κ1) is 22.4. The maximum Gasteiger partial charge on any atom is 0.229 e. The van der Waals surface area contributed by atoms with E-state index in [1.165, 1.54) is 17.5 Å². The van der Waals surface area contributed by atoms with Crippen molar-refractivity contribution >= 4 is 23.3 Å². The standard InChI is InChI=1S/C24H29N5O2S/c1-28(2)17-18-4-6-19(7-5-18)22-14-20(8-9-25-22)27-32-23-15-21(16-26-24(23)30-3)29-10-12-31-13-11-29/h4-9,14-16H,10-13,17H2,1-3H3,(H,25,27). The molecular formula is C24H29N5O2S. The fourth-order valence-electron chi connectivity index (χ4n) is 3.55. The molecular weight excluding hydrogens is 422 g/mol. The summed E-state index contributed by atoms with van der Waals surface area (Å²) in [5.74, 6) is 0.602. The zero-order chi connectivity index (χ0) is 22.3. The van der Waals surface area contributed by atoms with Crippen LogP contribution in [0.1, 0.15) is 5.56 Å². The quantitative estimate of drug-likeness (QED) is 0.512. The second-order valence-electron chi connectivity index (χ2n) is 7.87. The molecule has 3 aromatic rings. The Balaban J connectivity index is 1.47.